The summed E-state index contributed by atoms with van der Waals surface area (Å²) < 4.78 is 9.91. The number of carboxylic acids is 1. The fourth-order valence-corrected chi connectivity index (χ4v) is 1.71. The molecule has 1 heterocycles. The molecule has 0 radical (unpaired) electrons. The zero-order valence-corrected chi connectivity index (χ0v) is 11.5. The molecule has 1 aromatic heterocycles. The van der Waals surface area contributed by atoms with Crippen LogP contribution in [0.25, 0.3) is 0 Å². The van der Waals surface area contributed by atoms with Gasteiger partial charge < -0.3 is 14.3 Å². The van der Waals surface area contributed by atoms with Crippen LogP contribution in [0.3, 0.4) is 0 Å². The molecule has 0 aliphatic carbocycles. The van der Waals surface area contributed by atoms with Gasteiger partial charge in [0, 0.05) is 0 Å². The van der Waals surface area contributed by atoms with Crippen molar-refractivity contribution in [2.24, 2.45) is 5.92 Å². The summed E-state index contributed by atoms with van der Waals surface area (Å²) in [6, 6.07) is 2.20. The van der Waals surface area contributed by atoms with Crippen molar-refractivity contribution >= 4 is 11.9 Å². The highest BCUT2D eigenvalue weighted by Crippen LogP contribution is 2.18. The highest BCUT2D eigenvalue weighted by atomic mass is 16.5. The molecule has 1 rings (SSSR count). The Kier molecular flexibility index (Phi) is 5.11. The van der Waals surface area contributed by atoms with Crippen LogP contribution in [-0.2, 0) is 9.53 Å². The number of hydrogen-bond acceptors (Lipinski definition) is 5. The minimum atomic E-state index is -1.12. The quantitative estimate of drug-likeness (QED) is 0.766. The van der Waals surface area contributed by atoms with Crippen molar-refractivity contribution in [1.29, 1.82) is 0 Å². The maximum Gasteiger partial charge on any atom is 0.371 e. The summed E-state index contributed by atoms with van der Waals surface area (Å²) in [5, 5.41) is 11.9. The highest BCUT2D eigenvalue weighted by Gasteiger charge is 2.26. The average molecular weight is 269 g/mol. The second-order valence-electron chi connectivity index (χ2n) is 4.64. The van der Waals surface area contributed by atoms with Crippen LogP contribution in [-0.4, -0.2) is 30.2 Å². The van der Waals surface area contributed by atoms with E-state index >= 15 is 0 Å². The summed E-state index contributed by atoms with van der Waals surface area (Å²) >= 11 is 0. The molecule has 6 heteroatoms. The number of carbonyl (C=O) groups excluding carboxylic acids is 1. The second kappa shape index (κ2) is 6.38. The van der Waals surface area contributed by atoms with Crippen LogP contribution >= 0.6 is 0 Å². The molecule has 0 aliphatic heterocycles. The molecule has 19 heavy (non-hydrogen) atoms. The fraction of sp³-hybridized carbons (Fsp3) is 0.538. The summed E-state index contributed by atoms with van der Waals surface area (Å²) in [7, 11) is 1.33. The van der Waals surface area contributed by atoms with Crippen LogP contribution in [0.15, 0.2) is 16.5 Å². The first-order valence-corrected chi connectivity index (χ1v) is 6.03. The van der Waals surface area contributed by atoms with Crippen LogP contribution < -0.4 is 5.32 Å². The van der Waals surface area contributed by atoms with Gasteiger partial charge in [0.25, 0.3) is 0 Å². The first-order chi connectivity index (χ1) is 8.86. The maximum atomic E-state index is 11.6. The summed E-state index contributed by atoms with van der Waals surface area (Å²) in [5.41, 5.74) is 0. The standard InChI is InChI=1S/C13H19NO5/c1-7(2)11(13(17)18-4)14-8(3)9-5-6-10(19-9)12(15)16/h5-8,11,14H,1-4H3,(H,15,16). The topological polar surface area (TPSA) is 88.8 Å². The van der Waals surface area contributed by atoms with Crippen molar-refractivity contribution in [3.05, 3.63) is 23.7 Å². The molecule has 1 aromatic rings. The smallest absolute Gasteiger partial charge is 0.371 e. The van der Waals surface area contributed by atoms with E-state index in [9.17, 15) is 9.59 Å². The zero-order valence-electron chi connectivity index (χ0n) is 11.5. The summed E-state index contributed by atoms with van der Waals surface area (Å²) in [5.74, 6) is -1.09. The van der Waals surface area contributed by atoms with E-state index in [1.807, 2.05) is 13.8 Å². The number of carbonyl (C=O) groups is 2. The van der Waals surface area contributed by atoms with Gasteiger partial charge in [0.15, 0.2) is 0 Å². The van der Waals surface area contributed by atoms with Crippen LogP contribution in [0.5, 0.6) is 0 Å². The molecule has 2 N–H and O–H groups in total. The second-order valence-corrected chi connectivity index (χ2v) is 4.64. The van der Waals surface area contributed by atoms with Gasteiger partial charge in [-0.25, -0.2) is 4.79 Å². The van der Waals surface area contributed by atoms with E-state index in [1.54, 1.807) is 13.0 Å². The van der Waals surface area contributed by atoms with Crippen LogP contribution in [0.4, 0.5) is 0 Å². The van der Waals surface area contributed by atoms with Crippen molar-refractivity contribution in [3.63, 3.8) is 0 Å². The molecular weight excluding hydrogens is 250 g/mol. The Morgan fingerprint density at radius 3 is 2.37 bits per heavy atom. The van der Waals surface area contributed by atoms with Crippen molar-refractivity contribution in [3.8, 4) is 0 Å². The van der Waals surface area contributed by atoms with Gasteiger partial charge in [-0.1, -0.05) is 13.8 Å². The van der Waals surface area contributed by atoms with Gasteiger partial charge in [0.1, 0.15) is 11.8 Å². The lowest BCUT2D eigenvalue weighted by molar-refractivity contribution is -0.144. The highest BCUT2D eigenvalue weighted by molar-refractivity contribution is 5.84. The zero-order chi connectivity index (χ0) is 14.6. The van der Waals surface area contributed by atoms with E-state index in [4.69, 9.17) is 14.3 Å². The van der Waals surface area contributed by atoms with Crippen LogP contribution in [0.2, 0.25) is 0 Å². The number of nitrogens with one attached hydrogen (secondary N) is 1. The molecule has 2 unspecified atom stereocenters. The van der Waals surface area contributed by atoms with Gasteiger partial charge in [-0.15, -0.1) is 0 Å². The van der Waals surface area contributed by atoms with Gasteiger partial charge in [0.05, 0.1) is 13.2 Å². The van der Waals surface area contributed by atoms with Gasteiger partial charge in [-0.05, 0) is 25.0 Å². The SMILES string of the molecule is COC(=O)C(NC(C)c1ccc(C(=O)O)o1)C(C)C. The molecule has 6 nitrogen and oxygen atoms in total. The molecule has 0 amide bonds. The average Bonchev–Trinajstić information content (AvgIpc) is 2.84. The predicted molar refractivity (Wildman–Crippen MR) is 67.9 cm³/mol. The van der Waals surface area contributed by atoms with Gasteiger partial charge in [-0.2, -0.15) is 0 Å². The van der Waals surface area contributed by atoms with E-state index in [2.05, 4.69) is 5.32 Å². The first-order valence-electron chi connectivity index (χ1n) is 6.03. The number of furan rings is 1. The molecule has 0 bridgehead atoms. The monoisotopic (exact) mass is 269 g/mol. The normalized spacial score (nSPS) is 14.2. The van der Waals surface area contributed by atoms with E-state index in [-0.39, 0.29) is 23.7 Å². The van der Waals surface area contributed by atoms with Crippen molar-refractivity contribution in [2.75, 3.05) is 7.11 Å². The predicted octanol–water partition coefficient (Wildman–Crippen LogP) is 1.83. The van der Waals surface area contributed by atoms with Crippen LogP contribution in [0, 0.1) is 5.92 Å². The van der Waals surface area contributed by atoms with Gasteiger partial charge in [0.2, 0.25) is 5.76 Å². The Balaban J connectivity index is 2.78. The molecular formula is C13H19NO5. The van der Waals surface area contributed by atoms with E-state index in [0.717, 1.165) is 0 Å². The number of hydrogen-bond donors (Lipinski definition) is 2. The molecule has 2 atom stereocenters. The molecule has 0 fully saturated rings. The summed E-state index contributed by atoms with van der Waals surface area (Å²) in [6.07, 6.45) is 0. The Morgan fingerprint density at radius 2 is 1.95 bits per heavy atom. The summed E-state index contributed by atoms with van der Waals surface area (Å²) in [6.45, 7) is 5.58. The molecule has 0 spiro atoms. The number of carboxylic acid groups (broad SMARTS) is 1. The van der Waals surface area contributed by atoms with Crippen molar-refractivity contribution in [1.82, 2.24) is 5.32 Å². The largest absolute Gasteiger partial charge is 0.475 e. The third-order valence-corrected chi connectivity index (χ3v) is 2.82. The van der Waals surface area contributed by atoms with Crippen LogP contribution in [0.1, 0.15) is 43.1 Å². The molecule has 0 aromatic carbocycles. The molecule has 106 valence electrons. The third kappa shape index (κ3) is 3.82. The lowest BCUT2D eigenvalue weighted by Gasteiger charge is -2.23. The number of rotatable bonds is 6. The van der Waals surface area contributed by atoms with Crippen molar-refractivity contribution < 1.29 is 23.8 Å². The molecule has 0 saturated heterocycles. The minimum Gasteiger partial charge on any atom is -0.475 e. The van der Waals surface area contributed by atoms with E-state index in [1.165, 1.54) is 13.2 Å². The lowest BCUT2D eigenvalue weighted by Crippen LogP contribution is -2.42. The van der Waals surface area contributed by atoms with Gasteiger partial charge in [-0.3, -0.25) is 10.1 Å². The lowest BCUT2D eigenvalue weighted by atomic mass is 10.0. The number of ether oxygens (including phenoxy) is 1. The fourth-order valence-electron chi connectivity index (χ4n) is 1.71. The molecule has 0 aliphatic rings. The van der Waals surface area contributed by atoms with Crippen molar-refractivity contribution in [2.45, 2.75) is 32.9 Å². The Morgan fingerprint density at radius 1 is 1.32 bits per heavy atom. The number of esters is 1. The van der Waals surface area contributed by atoms with E-state index < -0.39 is 12.0 Å². The number of aromatic carboxylic acids is 1. The summed E-state index contributed by atoms with van der Waals surface area (Å²) in [4.78, 5) is 22.4. The number of methoxy groups -OCH3 is 1. The minimum absolute atomic E-state index is 0.0452. The Hall–Kier alpha value is -1.82. The Labute approximate surface area is 111 Å². The van der Waals surface area contributed by atoms with Gasteiger partial charge >= 0.3 is 11.9 Å². The maximum absolute atomic E-state index is 11.6. The Bertz CT molecular complexity index is 452. The molecule has 0 saturated carbocycles. The first kappa shape index (κ1) is 15.2. The third-order valence-electron chi connectivity index (χ3n) is 2.82. The van der Waals surface area contributed by atoms with E-state index in [0.29, 0.717) is 5.76 Å².